The summed E-state index contributed by atoms with van der Waals surface area (Å²) in [6, 6.07) is 5.29. The van der Waals surface area contributed by atoms with E-state index < -0.39 is 0 Å². The van der Waals surface area contributed by atoms with E-state index in [-0.39, 0.29) is 5.82 Å². The van der Waals surface area contributed by atoms with Crippen LogP contribution in [0.15, 0.2) is 48.2 Å². The lowest BCUT2D eigenvalue weighted by Crippen LogP contribution is -2.19. The highest BCUT2D eigenvalue weighted by Crippen LogP contribution is 2.30. The fourth-order valence-corrected chi connectivity index (χ4v) is 1.92. The fraction of sp³-hybridized carbons (Fsp3) is 0.200. The lowest BCUT2D eigenvalue weighted by atomic mass is 10.0. The molecular formula is C15H16FN. The largest absolute Gasteiger partial charge is 0.344 e. The lowest BCUT2D eigenvalue weighted by molar-refractivity contribution is 0.580. The lowest BCUT2D eigenvalue weighted by Gasteiger charge is -2.28. The average molecular weight is 229 g/mol. The number of nitrogens with zero attached hydrogens (tertiary/aromatic N) is 1. The molecule has 1 aliphatic heterocycles. The Hall–Kier alpha value is -1.83. The van der Waals surface area contributed by atoms with Gasteiger partial charge in [-0.25, -0.2) is 4.39 Å². The van der Waals surface area contributed by atoms with Gasteiger partial charge in [0.15, 0.2) is 0 Å². The summed E-state index contributed by atoms with van der Waals surface area (Å²) in [5, 5.41) is 0. The van der Waals surface area contributed by atoms with Crippen LogP contribution in [-0.4, -0.2) is 11.9 Å². The molecule has 0 radical (unpaired) electrons. The van der Waals surface area contributed by atoms with Gasteiger partial charge in [0.2, 0.25) is 0 Å². The van der Waals surface area contributed by atoms with E-state index in [9.17, 15) is 4.39 Å². The second kappa shape index (κ2) is 4.21. The van der Waals surface area contributed by atoms with Crippen molar-refractivity contribution in [3.63, 3.8) is 0 Å². The van der Waals surface area contributed by atoms with Gasteiger partial charge in [-0.3, -0.25) is 0 Å². The van der Waals surface area contributed by atoms with Crippen LogP contribution in [0, 0.1) is 12.7 Å². The highest BCUT2D eigenvalue weighted by molar-refractivity contribution is 5.70. The molecule has 1 aromatic carbocycles. The number of rotatable bonds is 1. The van der Waals surface area contributed by atoms with E-state index in [1.807, 2.05) is 50.1 Å². The highest BCUT2D eigenvalue weighted by atomic mass is 19.1. The van der Waals surface area contributed by atoms with Crippen LogP contribution in [0.1, 0.15) is 18.1 Å². The van der Waals surface area contributed by atoms with Gasteiger partial charge < -0.3 is 4.90 Å². The van der Waals surface area contributed by atoms with Gasteiger partial charge in [0.1, 0.15) is 5.82 Å². The number of hydrogen-bond acceptors (Lipinski definition) is 1. The molecular weight excluding hydrogens is 213 g/mol. The molecule has 0 aromatic heterocycles. The van der Waals surface area contributed by atoms with Crippen molar-refractivity contribution in [3.05, 3.63) is 65.1 Å². The number of allylic oxidation sites excluding steroid dienone is 3. The van der Waals surface area contributed by atoms with Crippen molar-refractivity contribution >= 4 is 5.70 Å². The SMILES string of the molecule is C=C1C(C)=CC=C(c2ccc(C)cc2F)N1C. The summed E-state index contributed by atoms with van der Waals surface area (Å²) in [5.41, 5.74) is 4.39. The van der Waals surface area contributed by atoms with E-state index in [1.54, 1.807) is 6.07 Å². The molecule has 0 saturated carbocycles. The van der Waals surface area contributed by atoms with Gasteiger partial charge in [-0.2, -0.15) is 0 Å². The molecule has 0 N–H and O–H groups in total. The first-order chi connectivity index (χ1) is 8.00. The predicted molar refractivity (Wildman–Crippen MR) is 69.8 cm³/mol. The number of halogens is 1. The Morgan fingerprint density at radius 1 is 1.18 bits per heavy atom. The summed E-state index contributed by atoms with van der Waals surface area (Å²) in [7, 11) is 1.91. The van der Waals surface area contributed by atoms with Crippen molar-refractivity contribution in [2.45, 2.75) is 13.8 Å². The van der Waals surface area contributed by atoms with Crippen LogP contribution in [0.5, 0.6) is 0 Å². The third-order valence-corrected chi connectivity index (χ3v) is 3.11. The van der Waals surface area contributed by atoms with E-state index in [0.717, 1.165) is 22.5 Å². The summed E-state index contributed by atoms with van der Waals surface area (Å²) in [4.78, 5) is 1.92. The minimum absolute atomic E-state index is 0.191. The van der Waals surface area contributed by atoms with Crippen molar-refractivity contribution in [3.8, 4) is 0 Å². The standard InChI is InChI=1S/C15H16FN/c1-10-5-7-13(14(16)9-10)15-8-6-11(2)12(3)17(15)4/h5-9H,3H2,1-2,4H3. The Morgan fingerprint density at radius 3 is 2.53 bits per heavy atom. The molecule has 0 unspecified atom stereocenters. The van der Waals surface area contributed by atoms with Crippen LogP contribution in [-0.2, 0) is 0 Å². The summed E-state index contributed by atoms with van der Waals surface area (Å²) in [5.74, 6) is -0.191. The molecule has 88 valence electrons. The normalized spacial score (nSPS) is 15.8. The summed E-state index contributed by atoms with van der Waals surface area (Å²) < 4.78 is 13.9. The third-order valence-electron chi connectivity index (χ3n) is 3.11. The van der Waals surface area contributed by atoms with Crippen molar-refractivity contribution in [2.75, 3.05) is 7.05 Å². The number of hydrogen-bond donors (Lipinski definition) is 0. The van der Waals surface area contributed by atoms with E-state index >= 15 is 0 Å². The summed E-state index contributed by atoms with van der Waals surface area (Å²) >= 11 is 0. The number of benzene rings is 1. The van der Waals surface area contributed by atoms with Crippen molar-refractivity contribution in [1.82, 2.24) is 4.90 Å². The molecule has 0 saturated heterocycles. The summed E-state index contributed by atoms with van der Waals surface area (Å²) in [6.45, 7) is 7.87. The Morgan fingerprint density at radius 2 is 1.88 bits per heavy atom. The van der Waals surface area contributed by atoms with Gasteiger partial charge in [-0.1, -0.05) is 18.7 Å². The molecule has 1 aromatic rings. The van der Waals surface area contributed by atoms with Gasteiger partial charge in [-0.05, 0) is 43.2 Å². The molecule has 0 bridgehead atoms. The van der Waals surface area contributed by atoms with Crippen LogP contribution in [0.4, 0.5) is 4.39 Å². The predicted octanol–water partition coefficient (Wildman–Crippen LogP) is 3.88. The van der Waals surface area contributed by atoms with Gasteiger partial charge in [0.25, 0.3) is 0 Å². The van der Waals surface area contributed by atoms with Crippen LogP contribution >= 0.6 is 0 Å². The molecule has 1 heterocycles. The molecule has 1 aliphatic rings. The van der Waals surface area contributed by atoms with Crippen molar-refractivity contribution in [2.24, 2.45) is 0 Å². The molecule has 0 fully saturated rings. The fourth-order valence-electron chi connectivity index (χ4n) is 1.92. The molecule has 2 rings (SSSR count). The van der Waals surface area contributed by atoms with E-state index in [4.69, 9.17) is 0 Å². The molecule has 0 aliphatic carbocycles. The van der Waals surface area contributed by atoms with Crippen molar-refractivity contribution < 1.29 is 4.39 Å². The molecule has 2 heteroatoms. The van der Waals surface area contributed by atoms with Gasteiger partial charge in [0.05, 0.1) is 5.70 Å². The zero-order chi connectivity index (χ0) is 12.6. The van der Waals surface area contributed by atoms with E-state index in [2.05, 4.69) is 6.58 Å². The minimum Gasteiger partial charge on any atom is -0.344 e. The Balaban J connectivity index is 2.51. The molecule has 0 atom stereocenters. The molecule has 1 nitrogen and oxygen atoms in total. The van der Waals surface area contributed by atoms with Crippen LogP contribution in [0.25, 0.3) is 5.70 Å². The first-order valence-corrected chi connectivity index (χ1v) is 5.59. The maximum Gasteiger partial charge on any atom is 0.132 e. The maximum atomic E-state index is 13.9. The second-order valence-corrected chi connectivity index (χ2v) is 4.39. The van der Waals surface area contributed by atoms with Gasteiger partial charge >= 0.3 is 0 Å². The molecule has 0 spiro atoms. The summed E-state index contributed by atoms with van der Waals surface area (Å²) in [6.07, 6.45) is 3.90. The van der Waals surface area contributed by atoms with Gasteiger partial charge in [0, 0.05) is 18.3 Å². The van der Waals surface area contributed by atoms with E-state index in [1.165, 1.54) is 0 Å². The maximum absolute atomic E-state index is 13.9. The first kappa shape index (κ1) is 11.6. The zero-order valence-corrected chi connectivity index (χ0v) is 10.4. The monoisotopic (exact) mass is 229 g/mol. The van der Waals surface area contributed by atoms with Gasteiger partial charge in [-0.15, -0.1) is 0 Å². The van der Waals surface area contributed by atoms with Crippen LogP contribution in [0.2, 0.25) is 0 Å². The smallest absolute Gasteiger partial charge is 0.132 e. The average Bonchev–Trinajstić information content (AvgIpc) is 2.28. The Kier molecular flexibility index (Phi) is 2.88. The quantitative estimate of drug-likeness (QED) is 0.706. The Labute approximate surface area is 102 Å². The molecule has 17 heavy (non-hydrogen) atoms. The molecule has 0 amide bonds. The third kappa shape index (κ3) is 2.03. The first-order valence-electron chi connectivity index (χ1n) is 5.59. The second-order valence-electron chi connectivity index (χ2n) is 4.39. The zero-order valence-electron chi connectivity index (χ0n) is 10.4. The number of aryl methyl sites for hydroxylation is 1. The van der Waals surface area contributed by atoms with Crippen LogP contribution < -0.4 is 0 Å². The van der Waals surface area contributed by atoms with Crippen molar-refractivity contribution in [1.29, 1.82) is 0 Å². The Bertz CT molecular complexity index is 538. The van der Waals surface area contributed by atoms with E-state index in [0.29, 0.717) is 5.56 Å². The number of likely N-dealkylation sites (N-methyl/N-ethyl adjacent to an activating group) is 1. The highest BCUT2D eigenvalue weighted by Gasteiger charge is 2.17. The van der Waals surface area contributed by atoms with Crippen LogP contribution in [0.3, 0.4) is 0 Å². The minimum atomic E-state index is -0.191. The topological polar surface area (TPSA) is 3.24 Å².